The van der Waals surface area contributed by atoms with E-state index in [2.05, 4.69) is 53.5 Å². The third-order valence-electron chi connectivity index (χ3n) is 4.57. The van der Waals surface area contributed by atoms with Crippen molar-refractivity contribution in [2.75, 3.05) is 6.54 Å². The lowest BCUT2D eigenvalue weighted by atomic mass is 9.72. The largest absolute Gasteiger partial charge is 0.314 e. The Hall–Kier alpha value is 0.140. The van der Waals surface area contributed by atoms with E-state index >= 15 is 0 Å². The van der Waals surface area contributed by atoms with E-state index in [9.17, 15) is 0 Å². The Kier molecular flexibility index (Phi) is 6.57. The summed E-state index contributed by atoms with van der Waals surface area (Å²) in [5, 5.41) is 5.89. The average molecular weight is 358 g/mol. The highest BCUT2D eigenvalue weighted by Gasteiger charge is 2.32. The Morgan fingerprint density at radius 1 is 1.40 bits per heavy atom. The number of nitrogens with one attached hydrogen (secondary N) is 1. The van der Waals surface area contributed by atoms with Crippen LogP contribution in [0.4, 0.5) is 0 Å². The standard InChI is InChI=1S/C17H28BrNS/c1-4-5-13-6-7-14(11-19-12(2)3)15(10-13)17-16(18)8-9-20-17/h8-9,12-15,19H,4-7,10-11H2,1-3H3. The van der Waals surface area contributed by atoms with Gasteiger partial charge in [0.1, 0.15) is 0 Å². The van der Waals surface area contributed by atoms with Crippen LogP contribution in [0.5, 0.6) is 0 Å². The smallest absolute Gasteiger partial charge is 0.0317 e. The first-order valence-corrected chi connectivity index (χ1v) is 9.75. The van der Waals surface area contributed by atoms with Gasteiger partial charge in [-0.15, -0.1) is 11.3 Å². The molecule has 1 aromatic heterocycles. The van der Waals surface area contributed by atoms with Crippen molar-refractivity contribution in [2.24, 2.45) is 11.8 Å². The van der Waals surface area contributed by atoms with Gasteiger partial charge in [0.25, 0.3) is 0 Å². The number of halogens is 1. The molecule has 0 aliphatic heterocycles. The third-order valence-corrected chi connectivity index (χ3v) is 6.57. The van der Waals surface area contributed by atoms with Crippen LogP contribution in [0.1, 0.15) is 63.7 Å². The lowest BCUT2D eigenvalue weighted by Crippen LogP contribution is -2.35. The van der Waals surface area contributed by atoms with Crippen LogP contribution in [-0.2, 0) is 0 Å². The molecule has 114 valence electrons. The van der Waals surface area contributed by atoms with E-state index in [1.54, 1.807) is 4.88 Å². The topological polar surface area (TPSA) is 12.0 Å². The SMILES string of the molecule is CCCC1CCC(CNC(C)C)C(c2sccc2Br)C1. The molecule has 0 spiro atoms. The Balaban J connectivity index is 2.08. The zero-order valence-electron chi connectivity index (χ0n) is 13.0. The van der Waals surface area contributed by atoms with Crippen LogP contribution >= 0.6 is 27.3 Å². The molecule has 2 rings (SSSR count). The van der Waals surface area contributed by atoms with Gasteiger partial charge in [0.15, 0.2) is 0 Å². The fourth-order valence-electron chi connectivity index (χ4n) is 3.51. The Morgan fingerprint density at radius 2 is 2.20 bits per heavy atom. The predicted octanol–water partition coefficient (Wildman–Crippen LogP) is 5.81. The lowest BCUT2D eigenvalue weighted by Gasteiger charge is -2.36. The third kappa shape index (κ3) is 4.32. The van der Waals surface area contributed by atoms with Crippen molar-refractivity contribution < 1.29 is 0 Å². The number of thiophene rings is 1. The van der Waals surface area contributed by atoms with Gasteiger partial charge in [0.05, 0.1) is 0 Å². The highest BCUT2D eigenvalue weighted by atomic mass is 79.9. The second-order valence-corrected chi connectivity index (χ2v) is 8.33. The second kappa shape index (κ2) is 7.95. The van der Waals surface area contributed by atoms with Crippen LogP contribution in [0.2, 0.25) is 0 Å². The monoisotopic (exact) mass is 357 g/mol. The van der Waals surface area contributed by atoms with Gasteiger partial charge in [0, 0.05) is 15.4 Å². The molecule has 0 aromatic carbocycles. The van der Waals surface area contributed by atoms with Gasteiger partial charge in [-0.3, -0.25) is 0 Å². The molecule has 1 aliphatic carbocycles. The number of hydrogen-bond donors (Lipinski definition) is 1. The molecule has 1 fully saturated rings. The molecule has 1 saturated carbocycles. The summed E-state index contributed by atoms with van der Waals surface area (Å²) in [5.41, 5.74) is 0. The van der Waals surface area contributed by atoms with E-state index in [-0.39, 0.29) is 0 Å². The fourth-order valence-corrected chi connectivity index (χ4v) is 5.39. The minimum absolute atomic E-state index is 0.593. The van der Waals surface area contributed by atoms with Crippen molar-refractivity contribution in [3.8, 4) is 0 Å². The summed E-state index contributed by atoms with van der Waals surface area (Å²) in [5.74, 6) is 2.50. The van der Waals surface area contributed by atoms with Gasteiger partial charge in [-0.2, -0.15) is 0 Å². The van der Waals surface area contributed by atoms with E-state index in [4.69, 9.17) is 0 Å². The van der Waals surface area contributed by atoms with Crippen LogP contribution in [0.15, 0.2) is 15.9 Å². The summed E-state index contributed by atoms with van der Waals surface area (Å²) in [7, 11) is 0. The van der Waals surface area contributed by atoms with Crippen LogP contribution < -0.4 is 5.32 Å². The van der Waals surface area contributed by atoms with Gasteiger partial charge in [-0.05, 0) is 64.5 Å². The summed E-state index contributed by atoms with van der Waals surface area (Å²) in [6, 6.07) is 2.81. The molecular formula is C17H28BrNS. The van der Waals surface area contributed by atoms with Crippen LogP contribution in [0.3, 0.4) is 0 Å². The quantitative estimate of drug-likeness (QED) is 0.677. The lowest BCUT2D eigenvalue weighted by molar-refractivity contribution is 0.219. The molecule has 3 atom stereocenters. The van der Waals surface area contributed by atoms with Crippen molar-refractivity contribution in [3.63, 3.8) is 0 Å². The first kappa shape index (κ1) is 16.5. The van der Waals surface area contributed by atoms with E-state index < -0.39 is 0 Å². The van der Waals surface area contributed by atoms with Crippen LogP contribution in [0, 0.1) is 11.8 Å². The molecule has 0 radical (unpaired) electrons. The molecule has 1 aliphatic rings. The van der Waals surface area contributed by atoms with Crippen molar-refractivity contribution >= 4 is 27.3 Å². The zero-order valence-corrected chi connectivity index (χ0v) is 15.4. The van der Waals surface area contributed by atoms with E-state index in [0.29, 0.717) is 6.04 Å². The molecular weight excluding hydrogens is 330 g/mol. The summed E-state index contributed by atoms with van der Waals surface area (Å²) >= 11 is 5.70. The fraction of sp³-hybridized carbons (Fsp3) is 0.765. The highest BCUT2D eigenvalue weighted by Crippen LogP contribution is 2.45. The molecule has 1 nitrogen and oxygen atoms in total. The second-order valence-electron chi connectivity index (χ2n) is 6.53. The maximum atomic E-state index is 3.76. The average Bonchev–Trinajstić information content (AvgIpc) is 2.83. The van der Waals surface area contributed by atoms with Gasteiger partial charge in [0.2, 0.25) is 0 Å². The molecule has 1 heterocycles. The van der Waals surface area contributed by atoms with Crippen molar-refractivity contribution in [2.45, 2.75) is 64.8 Å². The number of rotatable bonds is 6. The van der Waals surface area contributed by atoms with Crippen LogP contribution in [-0.4, -0.2) is 12.6 Å². The zero-order chi connectivity index (χ0) is 14.5. The minimum atomic E-state index is 0.593. The van der Waals surface area contributed by atoms with E-state index in [0.717, 1.165) is 17.8 Å². The van der Waals surface area contributed by atoms with Gasteiger partial charge < -0.3 is 5.32 Å². The van der Waals surface area contributed by atoms with Crippen molar-refractivity contribution in [3.05, 3.63) is 20.8 Å². The molecule has 20 heavy (non-hydrogen) atoms. The molecule has 0 bridgehead atoms. The molecule has 0 saturated heterocycles. The number of hydrogen-bond acceptors (Lipinski definition) is 2. The van der Waals surface area contributed by atoms with E-state index in [1.807, 2.05) is 11.3 Å². The first-order chi connectivity index (χ1) is 9.61. The predicted molar refractivity (Wildman–Crippen MR) is 93.6 cm³/mol. The molecule has 0 amide bonds. The molecule has 1 aromatic rings. The van der Waals surface area contributed by atoms with Crippen molar-refractivity contribution in [1.82, 2.24) is 5.32 Å². The van der Waals surface area contributed by atoms with E-state index in [1.165, 1.54) is 43.1 Å². The molecule has 3 unspecified atom stereocenters. The summed E-state index contributed by atoms with van der Waals surface area (Å²) < 4.78 is 1.33. The Labute approximate surface area is 136 Å². The summed E-state index contributed by atoms with van der Waals surface area (Å²) in [4.78, 5) is 1.58. The highest BCUT2D eigenvalue weighted by molar-refractivity contribution is 9.10. The van der Waals surface area contributed by atoms with Gasteiger partial charge in [-0.25, -0.2) is 0 Å². The first-order valence-electron chi connectivity index (χ1n) is 8.08. The maximum Gasteiger partial charge on any atom is 0.0317 e. The van der Waals surface area contributed by atoms with Crippen molar-refractivity contribution in [1.29, 1.82) is 0 Å². The van der Waals surface area contributed by atoms with Gasteiger partial charge in [-0.1, -0.05) is 40.0 Å². The molecule has 3 heteroatoms. The normalized spacial score (nSPS) is 27.1. The van der Waals surface area contributed by atoms with Crippen LogP contribution in [0.25, 0.3) is 0 Å². The minimum Gasteiger partial charge on any atom is -0.314 e. The maximum absolute atomic E-state index is 3.76. The molecule has 1 N–H and O–H groups in total. The Morgan fingerprint density at radius 3 is 2.80 bits per heavy atom. The van der Waals surface area contributed by atoms with Gasteiger partial charge >= 0.3 is 0 Å². The summed E-state index contributed by atoms with van der Waals surface area (Å²) in [6.45, 7) is 7.99. The summed E-state index contributed by atoms with van der Waals surface area (Å²) in [6.07, 6.45) is 6.94. The Bertz CT molecular complexity index is 401.